The Kier molecular flexibility index (Phi) is 5.04. The molecule has 0 aromatic heterocycles. The minimum Gasteiger partial charge on any atom is -0.352 e. The van der Waals surface area contributed by atoms with Gasteiger partial charge in [0.1, 0.15) is 0 Å². The number of nitrogens with two attached hydrogens (primary N) is 1. The van der Waals surface area contributed by atoms with E-state index in [1.165, 1.54) is 24.0 Å². The predicted molar refractivity (Wildman–Crippen MR) is 87.2 cm³/mol. The average molecular weight is 288 g/mol. The van der Waals surface area contributed by atoms with Crippen molar-refractivity contribution in [2.24, 2.45) is 11.7 Å². The van der Waals surface area contributed by atoms with Crippen LogP contribution in [0.4, 0.5) is 0 Å². The van der Waals surface area contributed by atoms with Crippen LogP contribution in [0.25, 0.3) is 0 Å². The van der Waals surface area contributed by atoms with Crippen molar-refractivity contribution < 1.29 is 4.79 Å². The van der Waals surface area contributed by atoms with Gasteiger partial charge in [-0.15, -0.1) is 0 Å². The van der Waals surface area contributed by atoms with Crippen LogP contribution in [0, 0.1) is 5.92 Å². The Balaban J connectivity index is 1.80. The van der Waals surface area contributed by atoms with E-state index in [0.29, 0.717) is 18.9 Å². The lowest BCUT2D eigenvalue weighted by Gasteiger charge is -2.19. The monoisotopic (exact) mass is 288 g/mol. The lowest BCUT2D eigenvalue weighted by atomic mass is 9.86. The molecule has 3 N–H and O–H groups in total. The highest BCUT2D eigenvalue weighted by Crippen LogP contribution is 2.32. The number of carbonyl (C=O) groups excluding carboxylic acids is 1. The first kappa shape index (κ1) is 16.0. The van der Waals surface area contributed by atoms with Gasteiger partial charge in [-0.05, 0) is 41.7 Å². The van der Waals surface area contributed by atoms with Crippen molar-refractivity contribution in [1.82, 2.24) is 5.32 Å². The SMILES string of the molecule is CC(C)(C)c1ccc(CCC(=O)NC(CN)C2CC2)cc1. The molecule has 1 aromatic carbocycles. The van der Waals surface area contributed by atoms with Gasteiger partial charge >= 0.3 is 0 Å². The Hall–Kier alpha value is -1.35. The lowest BCUT2D eigenvalue weighted by Crippen LogP contribution is -2.41. The molecule has 1 aliphatic rings. The standard InChI is InChI=1S/C18H28N2O/c1-18(2,3)15-9-4-13(5-10-15)6-11-17(21)20-16(12-19)14-7-8-14/h4-5,9-10,14,16H,6-8,11-12,19H2,1-3H3,(H,20,21). The molecule has 0 spiro atoms. The third-order valence-electron chi connectivity index (χ3n) is 4.25. The number of rotatable bonds is 6. The number of carbonyl (C=O) groups is 1. The van der Waals surface area contributed by atoms with Crippen molar-refractivity contribution >= 4 is 5.91 Å². The van der Waals surface area contributed by atoms with Crippen molar-refractivity contribution in [3.8, 4) is 0 Å². The molecule has 1 atom stereocenters. The van der Waals surface area contributed by atoms with E-state index in [1.54, 1.807) is 0 Å². The maximum absolute atomic E-state index is 12.0. The van der Waals surface area contributed by atoms with Gasteiger partial charge in [0.25, 0.3) is 0 Å². The fraction of sp³-hybridized carbons (Fsp3) is 0.611. The molecule has 0 heterocycles. The normalized spacial score (nSPS) is 16.6. The fourth-order valence-electron chi connectivity index (χ4n) is 2.58. The number of hydrogen-bond acceptors (Lipinski definition) is 2. The molecular weight excluding hydrogens is 260 g/mol. The molecule has 3 nitrogen and oxygen atoms in total. The van der Waals surface area contributed by atoms with Gasteiger partial charge < -0.3 is 11.1 Å². The second kappa shape index (κ2) is 6.61. The van der Waals surface area contributed by atoms with Gasteiger partial charge in [-0.25, -0.2) is 0 Å². The van der Waals surface area contributed by atoms with Gasteiger partial charge in [0.2, 0.25) is 5.91 Å². The van der Waals surface area contributed by atoms with Gasteiger partial charge in [0.15, 0.2) is 0 Å². The predicted octanol–water partition coefficient (Wildman–Crippen LogP) is 2.77. The first-order valence-corrected chi connectivity index (χ1v) is 7.99. The molecule has 116 valence electrons. The Bertz CT molecular complexity index is 469. The summed E-state index contributed by atoms with van der Waals surface area (Å²) in [6.45, 7) is 7.18. The number of nitrogens with one attached hydrogen (secondary N) is 1. The molecule has 2 rings (SSSR count). The quantitative estimate of drug-likeness (QED) is 0.845. The second-order valence-electron chi connectivity index (χ2n) is 7.19. The third kappa shape index (κ3) is 4.85. The maximum Gasteiger partial charge on any atom is 0.220 e. The highest BCUT2D eigenvalue weighted by molar-refractivity contribution is 5.76. The van der Waals surface area contributed by atoms with Crippen molar-refractivity contribution in [2.75, 3.05) is 6.54 Å². The highest BCUT2D eigenvalue weighted by atomic mass is 16.1. The smallest absolute Gasteiger partial charge is 0.220 e. The van der Waals surface area contributed by atoms with Crippen LogP contribution in [-0.4, -0.2) is 18.5 Å². The molecule has 0 bridgehead atoms. The van der Waals surface area contributed by atoms with Crippen LogP contribution in [-0.2, 0) is 16.6 Å². The number of hydrogen-bond donors (Lipinski definition) is 2. The summed E-state index contributed by atoms with van der Waals surface area (Å²) in [5.41, 5.74) is 8.43. The maximum atomic E-state index is 12.0. The van der Waals surface area contributed by atoms with E-state index in [1.807, 2.05) is 0 Å². The van der Waals surface area contributed by atoms with Crippen molar-refractivity contribution in [1.29, 1.82) is 0 Å². The summed E-state index contributed by atoms with van der Waals surface area (Å²) in [7, 11) is 0. The Labute approximate surface area is 128 Å². The van der Waals surface area contributed by atoms with E-state index < -0.39 is 0 Å². The number of aryl methyl sites for hydroxylation is 1. The first-order chi connectivity index (χ1) is 9.90. The van der Waals surface area contributed by atoms with Crippen LogP contribution in [0.3, 0.4) is 0 Å². The van der Waals surface area contributed by atoms with Crippen LogP contribution in [0.5, 0.6) is 0 Å². The van der Waals surface area contributed by atoms with Crippen molar-refractivity contribution in [3.63, 3.8) is 0 Å². The number of amides is 1. The molecule has 1 unspecified atom stereocenters. The molecule has 0 saturated heterocycles. The summed E-state index contributed by atoms with van der Waals surface area (Å²) < 4.78 is 0. The summed E-state index contributed by atoms with van der Waals surface area (Å²) in [5, 5.41) is 3.07. The molecule has 0 radical (unpaired) electrons. The van der Waals surface area contributed by atoms with Crippen LogP contribution in [0.1, 0.15) is 51.2 Å². The largest absolute Gasteiger partial charge is 0.352 e. The minimum atomic E-state index is 0.122. The van der Waals surface area contributed by atoms with Crippen LogP contribution < -0.4 is 11.1 Å². The van der Waals surface area contributed by atoms with Gasteiger partial charge in [-0.3, -0.25) is 4.79 Å². The Morgan fingerprint density at radius 2 is 1.90 bits per heavy atom. The summed E-state index contributed by atoms with van der Waals surface area (Å²) in [6.07, 6.45) is 3.74. The molecule has 1 amide bonds. The zero-order chi connectivity index (χ0) is 15.5. The highest BCUT2D eigenvalue weighted by Gasteiger charge is 2.30. The van der Waals surface area contributed by atoms with E-state index in [-0.39, 0.29) is 17.4 Å². The number of benzene rings is 1. The van der Waals surface area contributed by atoms with E-state index in [4.69, 9.17) is 5.73 Å². The molecular formula is C18H28N2O. The third-order valence-corrected chi connectivity index (χ3v) is 4.25. The molecule has 1 aliphatic carbocycles. The average Bonchev–Trinajstić information content (AvgIpc) is 3.26. The van der Waals surface area contributed by atoms with E-state index in [2.05, 4.69) is 50.4 Å². The zero-order valence-corrected chi connectivity index (χ0v) is 13.5. The Morgan fingerprint density at radius 3 is 2.38 bits per heavy atom. The van der Waals surface area contributed by atoms with E-state index in [9.17, 15) is 4.79 Å². The van der Waals surface area contributed by atoms with Crippen molar-refractivity contribution in [3.05, 3.63) is 35.4 Å². The Morgan fingerprint density at radius 1 is 1.29 bits per heavy atom. The second-order valence-corrected chi connectivity index (χ2v) is 7.19. The summed E-state index contributed by atoms with van der Waals surface area (Å²) in [6, 6.07) is 8.78. The van der Waals surface area contributed by atoms with Gasteiger partial charge in [0.05, 0.1) is 0 Å². The molecule has 1 fully saturated rings. The summed E-state index contributed by atoms with van der Waals surface area (Å²) >= 11 is 0. The zero-order valence-electron chi connectivity index (χ0n) is 13.5. The molecule has 21 heavy (non-hydrogen) atoms. The molecule has 1 aromatic rings. The van der Waals surface area contributed by atoms with Gasteiger partial charge in [-0.2, -0.15) is 0 Å². The molecule has 0 aliphatic heterocycles. The van der Waals surface area contributed by atoms with Crippen LogP contribution in [0.2, 0.25) is 0 Å². The van der Waals surface area contributed by atoms with Crippen LogP contribution in [0.15, 0.2) is 24.3 Å². The fourth-order valence-corrected chi connectivity index (χ4v) is 2.58. The van der Waals surface area contributed by atoms with Crippen LogP contribution >= 0.6 is 0 Å². The van der Waals surface area contributed by atoms with E-state index >= 15 is 0 Å². The molecule has 1 saturated carbocycles. The van der Waals surface area contributed by atoms with Gasteiger partial charge in [-0.1, -0.05) is 45.0 Å². The topological polar surface area (TPSA) is 55.1 Å². The van der Waals surface area contributed by atoms with E-state index in [0.717, 1.165) is 6.42 Å². The summed E-state index contributed by atoms with van der Waals surface area (Å²) in [5.74, 6) is 0.738. The summed E-state index contributed by atoms with van der Waals surface area (Å²) in [4.78, 5) is 12.0. The van der Waals surface area contributed by atoms with Gasteiger partial charge in [0, 0.05) is 19.0 Å². The molecule has 3 heteroatoms. The lowest BCUT2D eigenvalue weighted by molar-refractivity contribution is -0.121. The minimum absolute atomic E-state index is 0.122. The van der Waals surface area contributed by atoms with Crippen molar-refractivity contribution in [2.45, 2.75) is 57.9 Å². The first-order valence-electron chi connectivity index (χ1n) is 7.99.